The number of ether oxygens (including phenoxy) is 1. The third-order valence-electron chi connectivity index (χ3n) is 5.24. The summed E-state index contributed by atoms with van der Waals surface area (Å²) in [5.74, 6) is -0.315. The molecule has 0 spiro atoms. The maximum absolute atomic E-state index is 12.9. The first-order valence-corrected chi connectivity index (χ1v) is 11.2. The first-order chi connectivity index (χ1) is 14.4. The highest BCUT2D eigenvalue weighted by atomic mass is 32.2. The molecular weight excluding hydrogens is 406 g/mol. The number of urea groups is 1. The smallest absolute Gasteiger partial charge is 0.325 e. The second-order valence-corrected chi connectivity index (χ2v) is 9.22. The van der Waals surface area contributed by atoms with Gasteiger partial charge in [-0.1, -0.05) is 42.5 Å². The lowest BCUT2D eigenvalue weighted by Gasteiger charge is -2.26. The third-order valence-corrected chi connectivity index (χ3v) is 7.13. The van der Waals surface area contributed by atoms with Crippen molar-refractivity contribution in [3.05, 3.63) is 65.7 Å². The van der Waals surface area contributed by atoms with Crippen molar-refractivity contribution in [2.45, 2.75) is 23.9 Å². The fraction of sp³-hybridized carbons (Fsp3) is 0.333. The predicted octanol–water partition coefficient (Wildman–Crippen LogP) is 1.37. The molecule has 158 valence electrons. The number of carbonyl (C=O) groups is 2. The molecule has 8 nitrogen and oxygen atoms in total. The van der Waals surface area contributed by atoms with Crippen LogP contribution < -0.4 is 5.32 Å². The van der Waals surface area contributed by atoms with Gasteiger partial charge in [-0.05, 0) is 23.3 Å². The topological polar surface area (TPSA) is 96.0 Å². The lowest BCUT2D eigenvalue weighted by Crippen LogP contribution is -2.40. The summed E-state index contributed by atoms with van der Waals surface area (Å²) in [5.41, 5.74) is 1.53. The van der Waals surface area contributed by atoms with Gasteiger partial charge in [0.2, 0.25) is 10.0 Å². The highest BCUT2D eigenvalue weighted by molar-refractivity contribution is 7.89. The number of morpholine rings is 1. The summed E-state index contributed by atoms with van der Waals surface area (Å²) in [6.07, 6.45) is 0.410. The Balaban J connectivity index is 1.48. The molecule has 0 saturated carbocycles. The quantitative estimate of drug-likeness (QED) is 0.700. The fourth-order valence-electron chi connectivity index (χ4n) is 3.64. The molecule has 2 aliphatic rings. The molecule has 1 atom stereocenters. The van der Waals surface area contributed by atoms with Gasteiger partial charge < -0.3 is 10.1 Å². The van der Waals surface area contributed by atoms with Crippen LogP contribution in [-0.2, 0) is 32.5 Å². The lowest BCUT2D eigenvalue weighted by atomic mass is 10.1. The zero-order valence-corrected chi connectivity index (χ0v) is 17.2. The molecule has 0 aromatic heterocycles. The van der Waals surface area contributed by atoms with Crippen LogP contribution in [0.25, 0.3) is 0 Å². The van der Waals surface area contributed by atoms with Crippen LogP contribution in [0.2, 0.25) is 0 Å². The van der Waals surface area contributed by atoms with Crippen molar-refractivity contribution >= 4 is 22.0 Å². The molecule has 2 aromatic carbocycles. The summed E-state index contributed by atoms with van der Waals surface area (Å²) in [4.78, 5) is 26.4. The highest BCUT2D eigenvalue weighted by Crippen LogP contribution is 2.21. The first-order valence-electron chi connectivity index (χ1n) is 9.78. The Morgan fingerprint density at radius 1 is 0.967 bits per heavy atom. The molecule has 2 heterocycles. The maximum Gasteiger partial charge on any atom is 0.325 e. The van der Waals surface area contributed by atoms with E-state index in [4.69, 9.17) is 4.74 Å². The standard InChI is InChI=1S/C21H23N3O5S/c25-20-19(14-16-5-2-1-3-6-16)22-21(26)24(20)15-17-7-4-8-18(13-17)30(27,28)23-9-11-29-12-10-23/h1-8,13,19H,9-12,14-15H2,(H,22,26). The number of benzene rings is 2. The van der Waals surface area contributed by atoms with Gasteiger partial charge in [-0.2, -0.15) is 4.31 Å². The number of amides is 3. The number of imide groups is 1. The van der Waals surface area contributed by atoms with Crippen LogP contribution in [0, 0.1) is 0 Å². The third kappa shape index (κ3) is 4.23. The van der Waals surface area contributed by atoms with Crippen molar-refractivity contribution in [1.82, 2.24) is 14.5 Å². The molecule has 0 bridgehead atoms. The lowest BCUT2D eigenvalue weighted by molar-refractivity contribution is -0.127. The molecule has 0 radical (unpaired) electrons. The van der Waals surface area contributed by atoms with E-state index in [1.165, 1.54) is 16.4 Å². The number of hydrogen-bond acceptors (Lipinski definition) is 5. The summed E-state index contributed by atoms with van der Waals surface area (Å²) in [5, 5.41) is 2.72. The van der Waals surface area contributed by atoms with Gasteiger partial charge in [-0.15, -0.1) is 0 Å². The number of rotatable bonds is 6. The van der Waals surface area contributed by atoms with E-state index in [2.05, 4.69) is 5.32 Å². The molecular formula is C21H23N3O5S. The van der Waals surface area contributed by atoms with Crippen molar-refractivity contribution in [2.24, 2.45) is 0 Å². The van der Waals surface area contributed by atoms with E-state index in [0.29, 0.717) is 38.3 Å². The summed E-state index contributed by atoms with van der Waals surface area (Å²) in [6, 6.07) is 14.8. The normalized spacial score (nSPS) is 20.4. The van der Waals surface area contributed by atoms with E-state index in [0.717, 1.165) is 10.5 Å². The Morgan fingerprint density at radius 3 is 2.40 bits per heavy atom. The number of hydrogen-bond donors (Lipinski definition) is 1. The van der Waals surface area contributed by atoms with Gasteiger partial charge in [-0.25, -0.2) is 13.2 Å². The van der Waals surface area contributed by atoms with Gasteiger partial charge in [-0.3, -0.25) is 9.69 Å². The highest BCUT2D eigenvalue weighted by Gasteiger charge is 2.38. The van der Waals surface area contributed by atoms with E-state index >= 15 is 0 Å². The van der Waals surface area contributed by atoms with Crippen LogP contribution in [0.5, 0.6) is 0 Å². The molecule has 3 amide bonds. The van der Waals surface area contributed by atoms with Gasteiger partial charge in [0.25, 0.3) is 5.91 Å². The second-order valence-electron chi connectivity index (χ2n) is 7.28. The van der Waals surface area contributed by atoms with E-state index in [9.17, 15) is 18.0 Å². The van der Waals surface area contributed by atoms with E-state index in [1.54, 1.807) is 12.1 Å². The van der Waals surface area contributed by atoms with Crippen LogP contribution in [0.15, 0.2) is 59.5 Å². The molecule has 1 unspecified atom stereocenters. The molecule has 9 heteroatoms. The summed E-state index contributed by atoms with van der Waals surface area (Å²) in [7, 11) is -3.65. The number of carbonyl (C=O) groups excluding carboxylic acids is 2. The maximum atomic E-state index is 12.9. The minimum atomic E-state index is -3.65. The van der Waals surface area contributed by atoms with Crippen LogP contribution in [0.1, 0.15) is 11.1 Å². The van der Waals surface area contributed by atoms with Crippen molar-refractivity contribution in [3.8, 4) is 0 Å². The summed E-state index contributed by atoms with van der Waals surface area (Å²) >= 11 is 0. The number of sulfonamides is 1. The zero-order chi connectivity index (χ0) is 21.1. The Kier molecular flexibility index (Phi) is 5.85. The van der Waals surface area contributed by atoms with E-state index < -0.39 is 22.1 Å². The molecule has 0 aliphatic carbocycles. The molecule has 1 N–H and O–H groups in total. The average molecular weight is 429 g/mol. The molecule has 4 rings (SSSR count). The Bertz CT molecular complexity index is 1040. The van der Waals surface area contributed by atoms with Crippen LogP contribution in [0.4, 0.5) is 4.79 Å². The molecule has 30 heavy (non-hydrogen) atoms. The summed E-state index contributed by atoms with van der Waals surface area (Å²) in [6.45, 7) is 1.36. The van der Waals surface area contributed by atoms with Crippen molar-refractivity contribution < 1.29 is 22.7 Å². The predicted molar refractivity (Wildman–Crippen MR) is 109 cm³/mol. The van der Waals surface area contributed by atoms with Crippen LogP contribution in [0.3, 0.4) is 0 Å². The van der Waals surface area contributed by atoms with Gasteiger partial charge in [0, 0.05) is 19.5 Å². The molecule has 2 saturated heterocycles. The molecule has 2 fully saturated rings. The Hall–Kier alpha value is -2.75. The Labute approximate surface area is 175 Å². The minimum Gasteiger partial charge on any atom is -0.379 e. The second kappa shape index (κ2) is 8.55. The average Bonchev–Trinajstić information content (AvgIpc) is 3.02. The van der Waals surface area contributed by atoms with Crippen molar-refractivity contribution in [3.63, 3.8) is 0 Å². The molecule has 2 aliphatic heterocycles. The largest absolute Gasteiger partial charge is 0.379 e. The van der Waals surface area contributed by atoms with Crippen molar-refractivity contribution in [1.29, 1.82) is 0 Å². The van der Waals surface area contributed by atoms with Gasteiger partial charge in [0.05, 0.1) is 24.7 Å². The minimum absolute atomic E-state index is 0.0163. The van der Waals surface area contributed by atoms with Crippen molar-refractivity contribution in [2.75, 3.05) is 26.3 Å². The number of nitrogens with zero attached hydrogens (tertiary/aromatic N) is 2. The van der Waals surface area contributed by atoms with Gasteiger partial charge in [0.15, 0.2) is 0 Å². The van der Waals surface area contributed by atoms with E-state index in [1.807, 2.05) is 30.3 Å². The first kappa shape index (κ1) is 20.5. The monoisotopic (exact) mass is 429 g/mol. The SMILES string of the molecule is O=C1NC(Cc2ccccc2)C(=O)N1Cc1cccc(S(=O)(=O)N2CCOCC2)c1. The van der Waals surface area contributed by atoms with Crippen LogP contribution in [-0.4, -0.2) is 61.9 Å². The van der Waals surface area contributed by atoms with Gasteiger partial charge in [0.1, 0.15) is 6.04 Å². The zero-order valence-electron chi connectivity index (χ0n) is 16.4. The van der Waals surface area contributed by atoms with Crippen LogP contribution >= 0.6 is 0 Å². The van der Waals surface area contributed by atoms with E-state index in [-0.39, 0.29) is 17.3 Å². The molecule has 2 aromatic rings. The summed E-state index contributed by atoms with van der Waals surface area (Å²) < 4.78 is 32.4. The number of nitrogens with one attached hydrogen (secondary N) is 1. The van der Waals surface area contributed by atoms with Gasteiger partial charge >= 0.3 is 6.03 Å². The fourth-order valence-corrected chi connectivity index (χ4v) is 5.12. The Morgan fingerprint density at radius 2 is 1.67 bits per heavy atom.